The van der Waals surface area contributed by atoms with E-state index in [2.05, 4.69) is 10.0 Å². The van der Waals surface area contributed by atoms with Crippen molar-refractivity contribution in [3.8, 4) is 5.75 Å². The summed E-state index contributed by atoms with van der Waals surface area (Å²) in [7, 11) is -1.74. The van der Waals surface area contributed by atoms with E-state index in [1.807, 2.05) is 6.92 Å². The molecule has 0 spiro atoms. The Morgan fingerprint density at radius 3 is 2.74 bits per heavy atom. The number of carbonyl (C=O) groups excluding carboxylic acids is 2. The first-order chi connectivity index (χ1) is 14.7. The van der Waals surface area contributed by atoms with Crippen LogP contribution >= 0.6 is 0 Å². The molecule has 1 aromatic carbocycles. The standard InChI is InChI=1S/C21H31N3O6S/c1-4-10-22-20(25)12-15-7-8-17-19(30-15)13-29-18-9-6-14(23-31(27,28)5-2)11-16(18)21(26)24(17)3/h6,9,11,15,17,19,23H,4-5,7-8,10,12-13H2,1-3H3,(H,22,25)/t15-,17+,19-/m0/s1. The quantitative estimate of drug-likeness (QED) is 0.650. The number of fused-ring (bicyclic) bond motifs is 2. The highest BCUT2D eigenvalue weighted by atomic mass is 32.2. The summed E-state index contributed by atoms with van der Waals surface area (Å²) in [5.41, 5.74) is 0.624. The number of nitrogens with one attached hydrogen (secondary N) is 2. The lowest BCUT2D eigenvalue weighted by molar-refractivity contribution is -0.134. The zero-order chi connectivity index (χ0) is 22.6. The first-order valence-electron chi connectivity index (χ1n) is 10.7. The van der Waals surface area contributed by atoms with Crippen LogP contribution in [0, 0.1) is 0 Å². The molecule has 10 heteroatoms. The molecule has 9 nitrogen and oxygen atoms in total. The van der Waals surface area contributed by atoms with E-state index < -0.39 is 10.0 Å². The van der Waals surface area contributed by atoms with Gasteiger partial charge >= 0.3 is 0 Å². The lowest BCUT2D eigenvalue weighted by Gasteiger charge is -2.42. The second-order valence-corrected chi connectivity index (χ2v) is 9.95. The van der Waals surface area contributed by atoms with Crippen molar-refractivity contribution >= 4 is 27.5 Å². The Balaban J connectivity index is 1.75. The summed E-state index contributed by atoms with van der Waals surface area (Å²) >= 11 is 0. The number of hydrogen-bond acceptors (Lipinski definition) is 6. The van der Waals surface area contributed by atoms with Crippen LogP contribution in [0.25, 0.3) is 0 Å². The minimum absolute atomic E-state index is 0.0334. The lowest BCUT2D eigenvalue weighted by Crippen LogP contribution is -2.54. The summed E-state index contributed by atoms with van der Waals surface area (Å²) < 4.78 is 38.3. The third-order valence-electron chi connectivity index (χ3n) is 5.65. The molecule has 0 radical (unpaired) electrons. The van der Waals surface area contributed by atoms with Gasteiger partial charge in [-0.3, -0.25) is 14.3 Å². The zero-order valence-electron chi connectivity index (χ0n) is 18.2. The second-order valence-electron chi connectivity index (χ2n) is 7.94. The smallest absolute Gasteiger partial charge is 0.257 e. The number of likely N-dealkylation sites (N-methyl/N-ethyl adjacent to an activating group) is 1. The number of nitrogens with zero attached hydrogens (tertiary/aromatic N) is 1. The summed E-state index contributed by atoms with van der Waals surface area (Å²) in [4.78, 5) is 26.8. The molecule has 1 saturated heterocycles. The molecule has 1 fully saturated rings. The van der Waals surface area contributed by atoms with Crippen LogP contribution in [0.4, 0.5) is 5.69 Å². The predicted octanol–water partition coefficient (Wildman–Crippen LogP) is 1.75. The van der Waals surface area contributed by atoms with Gasteiger partial charge in [-0.1, -0.05) is 6.92 Å². The molecule has 172 valence electrons. The summed E-state index contributed by atoms with van der Waals surface area (Å²) in [6.45, 7) is 4.43. The molecule has 0 aliphatic carbocycles. The van der Waals surface area contributed by atoms with Gasteiger partial charge in [0.1, 0.15) is 18.5 Å². The van der Waals surface area contributed by atoms with E-state index in [1.54, 1.807) is 31.0 Å². The number of benzene rings is 1. The highest BCUT2D eigenvalue weighted by Crippen LogP contribution is 2.32. The maximum atomic E-state index is 13.2. The minimum atomic E-state index is -3.46. The van der Waals surface area contributed by atoms with Crippen LogP contribution in [0.15, 0.2) is 18.2 Å². The van der Waals surface area contributed by atoms with Crippen molar-refractivity contribution in [3.05, 3.63) is 23.8 Å². The van der Waals surface area contributed by atoms with Crippen molar-refractivity contribution in [1.82, 2.24) is 10.2 Å². The van der Waals surface area contributed by atoms with Gasteiger partial charge in [-0.25, -0.2) is 8.42 Å². The highest BCUT2D eigenvalue weighted by Gasteiger charge is 2.39. The fraction of sp³-hybridized carbons (Fsp3) is 0.619. The van der Waals surface area contributed by atoms with Crippen LogP contribution in [0.5, 0.6) is 5.75 Å². The number of amides is 2. The van der Waals surface area contributed by atoms with Crippen molar-refractivity contribution in [2.75, 3.05) is 30.7 Å². The van der Waals surface area contributed by atoms with Crippen LogP contribution in [0.2, 0.25) is 0 Å². The first kappa shape index (κ1) is 23.3. The van der Waals surface area contributed by atoms with Crippen LogP contribution in [-0.2, 0) is 19.6 Å². The topological polar surface area (TPSA) is 114 Å². The summed E-state index contributed by atoms with van der Waals surface area (Å²) in [6.07, 6.45) is 1.97. The van der Waals surface area contributed by atoms with Crippen LogP contribution < -0.4 is 14.8 Å². The van der Waals surface area contributed by atoms with Gasteiger partial charge in [0.25, 0.3) is 5.91 Å². The Hall–Kier alpha value is -2.33. The molecule has 2 N–H and O–H groups in total. The van der Waals surface area contributed by atoms with E-state index in [9.17, 15) is 18.0 Å². The van der Waals surface area contributed by atoms with Gasteiger partial charge in [0.05, 0.1) is 29.9 Å². The second kappa shape index (κ2) is 9.86. The number of anilines is 1. The van der Waals surface area contributed by atoms with E-state index >= 15 is 0 Å². The van der Waals surface area contributed by atoms with Gasteiger partial charge in [-0.2, -0.15) is 0 Å². The van der Waals surface area contributed by atoms with E-state index in [4.69, 9.17) is 9.47 Å². The van der Waals surface area contributed by atoms with E-state index in [1.165, 1.54) is 6.07 Å². The molecule has 0 saturated carbocycles. The molecule has 3 rings (SSSR count). The monoisotopic (exact) mass is 453 g/mol. The minimum Gasteiger partial charge on any atom is -0.490 e. The van der Waals surface area contributed by atoms with Crippen molar-refractivity contribution in [3.63, 3.8) is 0 Å². The molecule has 0 unspecified atom stereocenters. The third-order valence-corrected chi connectivity index (χ3v) is 6.96. The number of sulfonamides is 1. The summed E-state index contributed by atoms with van der Waals surface area (Å²) in [6, 6.07) is 4.48. The largest absolute Gasteiger partial charge is 0.490 e. The van der Waals surface area contributed by atoms with E-state index in [0.29, 0.717) is 42.8 Å². The van der Waals surface area contributed by atoms with Crippen molar-refractivity contribution in [2.45, 2.75) is 57.8 Å². The van der Waals surface area contributed by atoms with Crippen LogP contribution in [-0.4, -0.2) is 69.3 Å². The van der Waals surface area contributed by atoms with Gasteiger partial charge in [0.15, 0.2) is 0 Å². The molecule has 0 bridgehead atoms. The predicted molar refractivity (Wildman–Crippen MR) is 117 cm³/mol. The molecular weight excluding hydrogens is 422 g/mol. The molecular formula is C21H31N3O6S. The van der Waals surface area contributed by atoms with Gasteiger partial charge in [0, 0.05) is 19.3 Å². The zero-order valence-corrected chi connectivity index (χ0v) is 19.0. The summed E-state index contributed by atoms with van der Waals surface area (Å²) in [5, 5.41) is 2.86. The lowest BCUT2D eigenvalue weighted by atomic mass is 9.94. The molecule has 2 aliphatic heterocycles. The molecule has 2 amide bonds. The van der Waals surface area contributed by atoms with Crippen molar-refractivity contribution in [2.24, 2.45) is 0 Å². The Morgan fingerprint density at radius 1 is 1.26 bits per heavy atom. The summed E-state index contributed by atoms with van der Waals surface area (Å²) in [5.74, 6) is 0.0210. The molecule has 1 aromatic rings. The van der Waals surface area contributed by atoms with Gasteiger partial charge in [-0.15, -0.1) is 0 Å². The number of ether oxygens (including phenoxy) is 2. The van der Waals surface area contributed by atoms with E-state index in [0.717, 1.165) is 6.42 Å². The Kier molecular flexibility index (Phi) is 7.42. The maximum absolute atomic E-state index is 13.2. The van der Waals surface area contributed by atoms with E-state index in [-0.39, 0.29) is 42.4 Å². The Bertz CT molecular complexity index is 920. The Morgan fingerprint density at radius 2 is 2.03 bits per heavy atom. The van der Waals surface area contributed by atoms with Gasteiger partial charge < -0.3 is 19.7 Å². The van der Waals surface area contributed by atoms with Crippen molar-refractivity contribution < 1.29 is 27.5 Å². The number of hydrogen-bond donors (Lipinski definition) is 2. The van der Waals surface area contributed by atoms with Gasteiger partial charge in [-0.05, 0) is 44.4 Å². The normalized spacial score (nSPS) is 23.6. The maximum Gasteiger partial charge on any atom is 0.257 e. The van der Waals surface area contributed by atoms with Crippen LogP contribution in [0.3, 0.4) is 0 Å². The molecule has 2 heterocycles. The first-order valence-corrected chi connectivity index (χ1v) is 12.4. The number of rotatable bonds is 7. The highest BCUT2D eigenvalue weighted by molar-refractivity contribution is 7.92. The molecule has 2 aliphatic rings. The average molecular weight is 454 g/mol. The molecule has 0 aromatic heterocycles. The SMILES string of the molecule is CCCNC(=O)C[C@@H]1CC[C@@H]2[C@H](COc3ccc(NS(=O)(=O)CC)cc3C(=O)N2C)O1. The third kappa shape index (κ3) is 5.68. The fourth-order valence-electron chi connectivity index (χ4n) is 3.89. The Labute approximate surface area is 183 Å². The molecule has 31 heavy (non-hydrogen) atoms. The fourth-order valence-corrected chi connectivity index (χ4v) is 4.52. The van der Waals surface area contributed by atoms with Crippen LogP contribution in [0.1, 0.15) is 49.9 Å². The number of carbonyl (C=O) groups is 2. The average Bonchev–Trinajstić information content (AvgIpc) is 2.75. The van der Waals surface area contributed by atoms with Gasteiger partial charge in [0.2, 0.25) is 15.9 Å². The molecule has 3 atom stereocenters. The van der Waals surface area contributed by atoms with Crippen molar-refractivity contribution in [1.29, 1.82) is 0 Å².